The largest absolute Gasteiger partial charge is 0.463 e. The normalized spacial score (nSPS) is 12.4. The molecule has 0 heterocycles. The Bertz CT molecular complexity index is 169. The van der Waals surface area contributed by atoms with Crippen LogP contribution >= 0.6 is 0 Å². The van der Waals surface area contributed by atoms with Gasteiger partial charge in [-0.25, -0.2) is 0 Å². The van der Waals surface area contributed by atoms with Crippen molar-refractivity contribution >= 4 is 5.97 Å². The molecule has 0 rings (SSSR count). The number of unbranched alkanes of at least 4 members (excludes halogenated alkanes) is 5. The number of hydrogen-bond acceptors (Lipinski definition) is 3. The number of methoxy groups -OCH3 is 1. The Morgan fingerprint density at radius 1 is 1.12 bits per heavy atom. The fraction of sp³-hybridized carbons (Fsp3) is 0.923. The third kappa shape index (κ3) is 9.97. The molecule has 0 aliphatic rings. The molecule has 1 atom stereocenters. The van der Waals surface area contributed by atoms with Crippen molar-refractivity contribution in [3.63, 3.8) is 0 Å². The van der Waals surface area contributed by atoms with Crippen LogP contribution in [0.5, 0.6) is 0 Å². The smallest absolute Gasteiger partial charge is 0.305 e. The van der Waals surface area contributed by atoms with Gasteiger partial charge in [0, 0.05) is 13.5 Å². The topological polar surface area (TPSA) is 35.5 Å². The minimum absolute atomic E-state index is 0.00601. The molecule has 0 bridgehead atoms. The first kappa shape index (κ1) is 15.4. The SMILES string of the molecule is CCCCCCCCC(=O)OCC(C)OC. The highest BCUT2D eigenvalue weighted by atomic mass is 16.6. The van der Waals surface area contributed by atoms with Crippen LogP contribution in [0.1, 0.15) is 58.8 Å². The highest BCUT2D eigenvalue weighted by molar-refractivity contribution is 5.69. The summed E-state index contributed by atoms with van der Waals surface area (Å²) >= 11 is 0. The Hall–Kier alpha value is -0.570. The lowest BCUT2D eigenvalue weighted by Crippen LogP contribution is -2.17. The van der Waals surface area contributed by atoms with Crippen LogP contribution in [0.4, 0.5) is 0 Å². The Labute approximate surface area is 99.5 Å². The van der Waals surface area contributed by atoms with Crippen molar-refractivity contribution in [2.75, 3.05) is 13.7 Å². The maximum Gasteiger partial charge on any atom is 0.305 e. The third-order valence-corrected chi connectivity index (χ3v) is 2.62. The zero-order chi connectivity index (χ0) is 12.2. The van der Waals surface area contributed by atoms with E-state index in [9.17, 15) is 4.79 Å². The molecular weight excluding hydrogens is 204 g/mol. The van der Waals surface area contributed by atoms with Crippen LogP contribution in [0.3, 0.4) is 0 Å². The standard InChI is InChI=1S/C13H26O3/c1-4-5-6-7-8-9-10-13(14)16-11-12(2)15-3/h12H,4-11H2,1-3H3. The molecule has 0 aliphatic carbocycles. The number of carbonyl (C=O) groups excluding carboxylic acids is 1. The van der Waals surface area contributed by atoms with Crippen molar-refractivity contribution in [1.29, 1.82) is 0 Å². The van der Waals surface area contributed by atoms with Crippen LogP contribution in [-0.2, 0) is 14.3 Å². The van der Waals surface area contributed by atoms with Gasteiger partial charge in [-0.1, -0.05) is 39.0 Å². The highest BCUT2D eigenvalue weighted by Gasteiger charge is 2.05. The Kier molecular flexibility index (Phi) is 10.5. The zero-order valence-electron chi connectivity index (χ0n) is 11.0. The average Bonchev–Trinajstić information content (AvgIpc) is 2.30. The van der Waals surface area contributed by atoms with Crippen LogP contribution in [0.15, 0.2) is 0 Å². The summed E-state index contributed by atoms with van der Waals surface area (Å²) in [5, 5.41) is 0. The van der Waals surface area contributed by atoms with E-state index in [4.69, 9.17) is 9.47 Å². The van der Waals surface area contributed by atoms with Gasteiger partial charge in [0.2, 0.25) is 0 Å². The first-order valence-electron chi connectivity index (χ1n) is 6.39. The van der Waals surface area contributed by atoms with Crippen molar-refractivity contribution in [2.24, 2.45) is 0 Å². The van der Waals surface area contributed by atoms with Crippen molar-refractivity contribution in [3.05, 3.63) is 0 Å². The molecule has 0 spiro atoms. The van der Waals surface area contributed by atoms with E-state index >= 15 is 0 Å². The third-order valence-electron chi connectivity index (χ3n) is 2.62. The molecule has 0 aromatic rings. The van der Waals surface area contributed by atoms with Crippen LogP contribution < -0.4 is 0 Å². The van der Waals surface area contributed by atoms with E-state index in [-0.39, 0.29) is 12.1 Å². The van der Waals surface area contributed by atoms with E-state index in [0.717, 1.165) is 12.8 Å². The van der Waals surface area contributed by atoms with Gasteiger partial charge in [0.25, 0.3) is 0 Å². The Morgan fingerprint density at radius 2 is 1.75 bits per heavy atom. The van der Waals surface area contributed by atoms with Crippen LogP contribution in [0.25, 0.3) is 0 Å². The predicted octanol–water partition coefficient (Wildman–Crippen LogP) is 3.32. The van der Waals surface area contributed by atoms with E-state index in [1.165, 1.54) is 25.7 Å². The second-order valence-corrected chi connectivity index (χ2v) is 4.25. The molecule has 0 radical (unpaired) electrons. The molecule has 0 aromatic heterocycles. The molecule has 1 unspecified atom stereocenters. The predicted molar refractivity (Wildman–Crippen MR) is 65.4 cm³/mol. The van der Waals surface area contributed by atoms with Crippen molar-refractivity contribution < 1.29 is 14.3 Å². The quantitative estimate of drug-likeness (QED) is 0.426. The minimum atomic E-state index is -0.0978. The number of ether oxygens (including phenoxy) is 2. The summed E-state index contributed by atoms with van der Waals surface area (Å²) in [6.07, 6.45) is 7.70. The summed E-state index contributed by atoms with van der Waals surface area (Å²) in [4.78, 5) is 11.3. The molecule has 0 aliphatic heterocycles. The summed E-state index contributed by atoms with van der Waals surface area (Å²) in [5.41, 5.74) is 0. The summed E-state index contributed by atoms with van der Waals surface area (Å²) in [5.74, 6) is -0.0978. The van der Waals surface area contributed by atoms with Crippen LogP contribution in [-0.4, -0.2) is 25.8 Å². The first-order chi connectivity index (χ1) is 7.70. The van der Waals surface area contributed by atoms with Gasteiger partial charge in [0.05, 0.1) is 6.10 Å². The molecule has 0 N–H and O–H groups in total. The molecule has 16 heavy (non-hydrogen) atoms. The molecule has 3 nitrogen and oxygen atoms in total. The Morgan fingerprint density at radius 3 is 2.38 bits per heavy atom. The monoisotopic (exact) mass is 230 g/mol. The summed E-state index contributed by atoms with van der Waals surface area (Å²) < 4.78 is 10.1. The summed E-state index contributed by atoms with van der Waals surface area (Å²) in [6.45, 7) is 4.46. The number of esters is 1. The van der Waals surface area contributed by atoms with Crippen molar-refractivity contribution in [3.8, 4) is 0 Å². The second-order valence-electron chi connectivity index (χ2n) is 4.25. The number of hydrogen-bond donors (Lipinski definition) is 0. The maximum absolute atomic E-state index is 11.3. The van der Waals surface area contributed by atoms with Gasteiger partial charge in [-0.3, -0.25) is 4.79 Å². The van der Waals surface area contributed by atoms with Gasteiger partial charge in [-0.15, -0.1) is 0 Å². The lowest BCUT2D eigenvalue weighted by atomic mass is 10.1. The van der Waals surface area contributed by atoms with E-state index in [2.05, 4.69) is 6.92 Å². The van der Waals surface area contributed by atoms with Crippen molar-refractivity contribution in [2.45, 2.75) is 64.9 Å². The van der Waals surface area contributed by atoms with E-state index in [1.54, 1.807) is 7.11 Å². The van der Waals surface area contributed by atoms with Crippen LogP contribution in [0.2, 0.25) is 0 Å². The van der Waals surface area contributed by atoms with Gasteiger partial charge < -0.3 is 9.47 Å². The molecule has 3 heteroatoms. The average molecular weight is 230 g/mol. The van der Waals surface area contributed by atoms with Gasteiger partial charge >= 0.3 is 5.97 Å². The fourth-order valence-corrected chi connectivity index (χ4v) is 1.40. The Balaban J connectivity index is 3.24. The van der Waals surface area contributed by atoms with E-state index < -0.39 is 0 Å². The van der Waals surface area contributed by atoms with Gasteiger partial charge in [0.1, 0.15) is 6.61 Å². The van der Waals surface area contributed by atoms with E-state index in [0.29, 0.717) is 13.0 Å². The second kappa shape index (κ2) is 10.9. The van der Waals surface area contributed by atoms with Crippen LogP contribution in [0, 0.1) is 0 Å². The molecule has 96 valence electrons. The van der Waals surface area contributed by atoms with Gasteiger partial charge in [-0.05, 0) is 13.3 Å². The lowest BCUT2D eigenvalue weighted by Gasteiger charge is -2.09. The fourth-order valence-electron chi connectivity index (χ4n) is 1.40. The van der Waals surface area contributed by atoms with E-state index in [1.807, 2.05) is 6.92 Å². The first-order valence-corrected chi connectivity index (χ1v) is 6.39. The molecule has 0 saturated carbocycles. The minimum Gasteiger partial charge on any atom is -0.463 e. The number of carbonyl (C=O) groups is 1. The maximum atomic E-state index is 11.3. The van der Waals surface area contributed by atoms with Crippen molar-refractivity contribution in [1.82, 2.24) is 0 Å². The molecule has 0 saturated heterocycles. The van der Waals surface area contributed by atoms with Gasteiger partial charge in [0.15, 0.2) is 0 Å². The zero-order valence-corrected chi connectivity index (χ0v) is 11.0. The van der Waals surface area contributed by atoms with Gasteiger partial charge in [-0.2, -0.15) is 0 Å². The highest BCUT2D eigenvalue weighted by Crippen LogP contribution is 2.07. The molecule has 0 fully saturated rings. The summed E-state index contributed by atoms with van der Waals surface area (Å²) in [7, 11) is 1.62. The molecule has 0 aromatic carbocycles. The molecular formula is C13H26O3. The summed E-state index contributed by atoms with van der Waals surface area (Å²) in [6, 6.07) is 0. The molecule has 0 amide bonds. The lowest BCUT2D eigenvalue weighted by molar-refractivity contribution is -0.147. The number of rotatable bonds is 10.